The molecule has 39 heavy (non-hydrogen) atoms. The number of nitrogens with zero attached hydrogens (tertiary/aromatic N) is 1. The summed E-state index contributed by atoms with van der Waals surface area (Å²) in [6.07, 6.45) is 0. The Bertz CT molecular complexity index is 1540. The molecule has 0 spiro atoms. The number of sulfonamides is 1. The number of carbonyl (C=O) groups excluding carboxylic acids is 1. The van der Waals surface area contributed by atoms with Gasteiger partial charge in [0.05, 0.1) is 30.8 Å². The van der Waals surface area contributed by atoms with Crippen LogP contribution in [0.5, 0.6) is 11.5 Å². The number of amides is 1. The number of methoxy groups -OCH3 is 2. The molecule has 0 radical (unpaired) electrons. The minimum absolute atomic E-state index is 0.115. The van der Waals surface area contributed by atoms with Gasteiger partial charge in [0.25, 0.3) is 10.0 Å². The molecule has 0 bridgehead atoms. The predicted octanol–water partition coefficient (Wildman–Crippen LogP) is 5.25. The van der Waals surface area contributed by atoms with Crippen LogP contribution in [0.15, 0.2) is 102 Å². The Morgan fingerprint density at radius 1 is 0.872 bits per heavy atom. The van der Waals surface area contributed by atoms with Crippen LogP contribution in [0, 0.1) is 12.7 Å². The van der Waals surface area contributed by atoms with E-state index in [0.717, 1.165) is 33.1 Å². The highest BCUT2D eigenvalue weighted by Crippen LogP contribution is 2.32. The second kappa shape index (κ2) is 12.0. The average molecular weight is 549 g/mol. The van der Waals surface area contributed by atoms with Gasteiger partial charge in [-0.3, -0.25) is 9.10 Å². The molecule has 9 heteroatoms. The molecule has 202 valence electrons. The largest absolute Gasteiger partial charge is 0.493 e. The number of aryl methyl sites for hydroxylation is 1. The third kappa shape index (κ3) is 6.21. The first-order valence-corrected chi connectivity index (χ1v) is 13.6. The van der Waals surface area contributed by atoms with Gasteiger partial charge in [0.15, 0.2) is 11.5 Å². The van der Waals surface area contributed by atoms with E-state index in [-0.39, 0.29) is 16.3 Å². The number of nitrogens with one attached hydrogen (secondary N) is 1. The Morgan fingerprint density at radius 2 is 1.51 bits per heavy atom. The summed E-state index contributed by atoms with van der Waals surface area (Å²) >= 11 is 0. The van der Waals surface area contributed by atoms with Crippen molar-refractivity contribution in [2.75, 3.05) is 25.1 Å². The van der Waals surface area contributed by atoms with Crippen LogP contribution in [0.1, 0.15) is 22.7 Å². The molecule has 4 aromatic rings. The van der Waals surface area contributed by atoms with Crippen molar-refractivity contribution in [1.82, 2.24) is 5.32 Å². The Kier molecular flexibility index (Phi) is 8.51. The Labute approximate surface area is 227 Å². The molecule has 0 aliphatic carbocycles. The number of hydrogen-bond donors (Lipinski definition) is 1. The Hall–Kier alpha value is -4.37. The van der Waals surface area contributed by atoms with Crippen LogP contribution < -0.4 is 19.1 Å². The van der Waals surface area contributed by atoms with Gasteiger partial charge in [0.1, 0.15) is 12.4 Å². The third-order valence-corrected chi connectivity index (χ3v) is 8.05. The molecule has 4 rings (SSSR count). The zero-order valence-electron chi connectivity index (χ0n) is 21.8. The van der Waals surface area contributed by atoms with Crippen LogP contribution in [-0.2, 0) is 14.8 Å². The Morgan fingerprint density at radius 3 is 2.15 bits per heavy atom. The standard InChI is InChI=1S/C30H29FN2O5S/c1-21-9-7-8-12-26(21)30(22-10-5-4-6-11-22)32-29(34)20-33(24-15-13-23(31)14-16-24)39(35,36)25-17-18-27(37-2)28(19-25)38-3/h4-19,30H,20H2,1-3H3,(H,32,34)/t30-/m1/s1. The summed E-state index contributed by atoms with van der Waals surface area (Å²) in [5, 5.41) is 3.00. The smallest absolute Gasteiger partial charge is 0.264 e. The first-order chi connectivity index (χ1) is 18.7. The number of benzene rings is 4. The monoisotopic (exact) mass is 548 g/mol. The first kappa shape index (κ1) is 27.7. The normalized spacial score (nSPS) is 11.9. The van der Waals surface area contributed by atoms with Crippen LogP contribution >= 0.6 is 0 Å². The summed E-state index contributed by atoms with van der Waals surface area (Å²) in [4.78, 5) is 13.4. The first-order valence-electron chi connectivity index (χ1n) is 12.1. The number of carbonyl (C=O) groups is 1. The van der Waals surface area contributed by atoms with E-state index in [2.05, 4.69) is 5.32 Å². The van der Waals surface area contributed by atoms with Gasteiger partial charge in [-0.05, 0) is 60.0 Å². The molecular weight excluding hydrogens is 519 g/mol. The van der Waals surface area contributed by atoms with Gasteiger partial charge in [-0.1, -0.05) is 54.6 Å². The topological polar surface area (TPSA) is 84.9 Å². The molecule has 4 aromatic carbocycles. The van der Waals surface area contributed by atoms with Gasteiger partial charge in [0, 0.05) is 6.07 Å². The van der Waals surface area contributed by atoms with Crippen LogP contribution in [0.2, 0.25) is 0 Å². The average Bonchev–Trinajstić information content (AvgIpc) is 2.95. The zero-order chi connectivity index (χ0) is 28.0. The van der Waals surface area contributed by atoms with Crippen molar-refractivity contribution in [2.45, 2.75) is 17.9 Å². The maximum absolute atomic E-state index is 13.9. The summed E-state index contributed by atoms with van der Waals surface area (Å²) < 4.78 is 52.9. The van der Waals surface area contributed by atoms with E-state index in [1.807, 2.05) is 61.5 Å². The van der Waals surface area contributed by atoms with E-state index in [0.29, 0.717) is 5.75 Å². The van der Waals surface area contributed by atoms with Crippen molar-refractivity contribution >= 4 is 21.6 Å². The van der Waals surface area contributed by atoms with Crippen LogP contribution in [-0.4, -0.2) is 35.1 Å². The number of anilines is 1. The second-order valence-corrected chi connectivity index (χ2v) is 10.6. The molecule has 1 N–H and O–H groups in total. The second-order valence-electron chi connectivity index (χ2n) is 8.77. The van der Waals surface area contributed by atoms with E-state index in [1.165, 1.54) is 44.6 Å². The summed E-state index contributed by atoms with van der Waals surface area (Å²) in [6.45, 7) is 1.40. The molecule has 0 aliphatic rings. The number of ether oxygens (including phenoxy) is 2. The molecule has 0 aliphatic heterocycles. The number of hydrogen-bond acceptors (Lipinski definition) is 5. The fourth-order valence-electron chi connectivity index (χ4n) is 4.26. The van der Waals surface area contributed by atoms with Gasteiger partial charge < -0.3 is 14.8 Å². The van der Waals surface area contributed by atoms with Crippen molar-refractivity contribution in [3.63, 3.8) is 0 Å². The molecule has 0 unspecified atom stereocenters. The maximum atomic E-state index is 13.9. The molecule has 0 aromatic heterocycles. The lowest BCUT2D eigenvalue weighted by Gasteiger charge is -2.27. The SMILES string of the molecule is COc1ccc(S(=O)(=O)N(CC(=O)N[C@H](c2ccccc2)c2ccccc2C)c2ccc(F)cc2)cc1OC. The van der Waals surface area contributed by atoms with Crippen LogP contribution in [0.3, 0.4) is 0 Å². The third-order valence-electron chi connectivity index (χ3n) is 6.28. The number of rotatable bonds is 10. The van der Waals surface area contributed by atoms with Crippen molar-refractivity contribution in [3.05, 3.63) is 120 Å². The van der Waals surface area contributed by atoms with Crippen molar-refractivity contribution in [1.29, 1.82) is 0 Å². The fraction of sp³-hybridized carbons (Fsp3) is 0.167. The maximum Gasteiger partial charge on any atom is 0.264 e. The predicted molar refractivity (Wildman–Crippen MR) is 148 cm³/mol. The molecule has 1 amide bonds. The molecule has 0 heterocycles. The van der Waals surface area contributed by atoms with Gasteiger partial charge in [-0.25, -0.2) is 12.8 Å². The minimum atomic E-state index is -4.28. The van der Waals surface area contributed by atoms with Crippen LogP contribution in [0.25, 0.3) is 0 Å². The van der Waals surface area contributed by atoms with Crippen LogP contribution in [0.4, 0.5) is 10.1 Å². The lowest BCUT2D eigenvalue weighted by Crippen LogP contribution is -2.42. The van der Waals surface area contributed by atoms with Gasteiger partial charge in [-0.15, -0.1) is 0 Å². The lowest BCUT2D eigenvalue weighted by atomic mass is 9.95. The molecular formula is C30H29FN2O5S. The highest BCUT2D eigenvalue weighted by atomic mass is 32.2. The molecule has 1 atom stereocenters. The van der Waals surface area contributed by atoms with Crippen molar-refractivity contribution in [3.8, 4) is 11.5 Å². The molecule has 0 fully saturated rings. The van der Waals surface area contributed by atoms with Gasteiger partial charge >= 0.3 is 0 Å². The van der Waals surface area contributed by atoms with Crippen molar-refractivity contribution in [2.24, 2.45) is 0 Å². The van der Waals surface area contributed by atoms with E-state index >= 15 is 0 Å². The Balaban J connectivity index is 1.72. The number of halogens is 1. The summed E-state index contributed by atoms with van der Waals surface area (Å²) in [5.41, 5.74) is 2.83. The highest BCUT2D eigenvalue weighted by molar-refractivity contribution is 7.92. The van der Waals surface area contributed by atoms with E-state index in [4.69, 9.17) is 9.47 Å². The van der Waals surface area contributed by atoms with Gasteiger partial charge in [-0.2, -0.15) is 0 Å². The summed E-state index contributed by atoms with van der Waals surface area (Å²) in [5.74, 6) is -0.506. The zero-order valence-corrected chi connectivity index (χ0v) is 22.6. The van der Waals surface area contributed by atoms with E-state index in [1.54, 1.807) is 0 Å². The highest BCUT2D eigenvalue weighted by Gasteiger charge is 2.29. The summed E-state index contributed by atoms with van der Waals surface area (Å²) in [7, 11) is -1.44. The quantitative estimate of drug-likeness (QED) is 0.293. The van der Waals surface area contributed by atoms with Crippen molar-refractivity contribution < 1.29 is 27.1 Å². The minimum Gasteiger partial charge on any atom is -0.493 e. The van der Waals surface area contributed by atoms with E-state index in [9.17, 15) is 17.6 Å². The van der Waals surface area contributed by atoms with E-state index < -0.39 is 34.3 Å². The van der Waals surface area contributed by atoms with Gasteiger partial charge in [0.2, 0.25) is 5.91 Å². The fourth-order valence-corrected chi connectivity index (χ4v) is 5.70. The molecule has 7 nitrogen and oxygen atoms in total. The summed E-state index contributed by atoms with van der Waals surface area (Å²) in [6, 6.07) is 25.7. The molecule has 0 saturated carbocycles. The molecule has 0 saturated heterocycles. The lowest BCUT2D eigenvalue weighted by molar-refractivity contribution is -0.120.